The Bertz CT molecular complexity index is 985. The minimum atomic E-state index is -0.489. The van der Waals surface area contributed by atoms with Crippen molar-refractivity contribution in [3.63, 3.8) is 0 Å². The van der Waals surface area contributed by atoms with Crippen molar-refractivity contribution in [1.29, 1.82) is 0 Å². The number of esters is 1. The number of nitrogens with one attached hydrogen (secondary N) is 1. The van der Waals surface area contributed by atoms with Crippen LogP contribution in [0.15, 0.2) is 48.5 Å². The van der Waals surface area contributed by atoms with Crippen LogP contribution in [0.25, 0.3) is 11.0 Å². The molecule has 2 aromatic carbocycles. The van der Waals surface area contributed by atoms with Crippen LogP contribution in [0, 0.1) is 0 Å². The molecule has 0 saturated heterocycles. The number of aromatic nitrogens is 2. The Morgan fingerprint density at radius 1 is 1.14 bits per heavy atom. The van der Waals surface area contributed by atoms with Crippen molar-refractivity contribution in [1.82, 2.24) is 9.55 Å². The molecule has 1 amide bonds. The van der Waals surface area contributed by atoms with Gasteiger partial charge in [-0.05, 0) is 49.6 Å². The molecule has 0 saturated carbocycles. The Morgan fingerprint density at radius 3 is 2.62 bits per heavy atom. The van der Waals surface area contributed by atoms with E-state index in [0.717, 1.165) is 22.6 Å². The standard InChI is InChI=1S/C21H23N3O4S/c1-3-27-16-10-8-15(9-11-16)22-20(25)13-28-21(26)12-24-18-7-5-4-6-17(18)23-19(24)14-29-2/h4-11H,3,12-14H2,1-2H3,(H,22,25). The molecule has 7 nitrogen and oxygen atoms in total. The lowest BCUT2D eigenvalue weighted by molar-refractivity contribution is -0.147. The lowest BCUT2D eigenvalue weighted by Crippen LogP contribution is -2.23. The summed E-state index contributed by atoms with van der Waals surface area (Å²) in [6, 6.07) is 14.6. The van der Waals surface area contributed by atoms with E-state index in [1.807, 2.05) is 42.0 Å². The number of amides is 1. The third kappa shape index (κ3) is 5.51. The largest absolute Gasteiger partial charge is 0.494 e. The van der Waals surface area contributed by atoms with Crippen LogP contribution < -0.4 is 10.1 Å². The Kier molecular flexibility index (Phi) is 7.13. The van der Waals surface area contributed by atoms with Gasteiger partial charge >= 0.3 is 5.97 Å². The van der Waals surface area contributed by atoms with Gasteiger partial charge in [0.25, 0.3) is 5.91 Å². The highest BCUT2D eigenvalue weighted by atomic mass is 32.2. The van der Waals surface area contributed by atoms with Crippen molar-refractivity contribution in [3.8, 4) is 5.75 Å². The van der Waals surface area contributed by atoms with E-state index in [1.54, 1.807) is 36.0 Å². The van der Waals surface area contributed by atoms with Gasteiger partial charge in [0.2, 0.25) is 0 Å². The van der Waals surface area contributed by atoms with Crippen LogP contribution in [0.4, 0.5) is 5.69 Å². The van der Waals surface area contributed by atoms with Crippen LogP contribution in [0.3, 0.4) is 0 Å². The number of carbonyl (C=O) groups excluding carboxylic acids is 2. The molecule has 0 aliphatic rings. The summed E-state index contributed by atoms with van der Waals surface area (Å²) in [5.74, 6) is 1.32. The molecule has 1 N–H and O–H groups in total. The summed E-state index contributed by atoms with van der Waals surface area (Å²) in [6.07, 6.45) is 1.98. The fraction of sp³-hybridized carbons (Fsp3) is 0.286. The maximum atomic E-state index is 12.3. The van der Waals surface area contributed by atoms with E-state index in [9.17, 15) is 9.59 Å². The molecule has 152 valence electrons. The monoisotopic (exact) mass is 413 g/mol. The maximum Gasteiger partial charge on any atom is 0.326 e. The number of benzene rings is 2. The van der Waals surface area contributed by atoms with Crippen LogP contribution in [0.2, 0.25) is 0 Å². The number of carbonyl (C=O) groups is 2. The average molecular weight is 413 g/mol. The number of rotatable bonds is 9. The molecule has 0 unspecified atom stereocenters. The highest BCUT2D eigenvalue weighted by molar-refractivity contribution is 7.97. The van der Waals surface area contributed by atoms with Crippen LogP contribution in [-0.4, -0.2) is 40.9 Å². The van der Waals surface area contributed by atoms with Crippen molar-refractivity contribution in [2.75, 3.05) is 24.8 Å². The van der Waals surface area contributed by atoms with Crippen LogP contribution in [-0.2, 0) is 26.6 Å². The van der Waals surface area contributed by atoms with Crippen molar-refractivity contribution in [3.05, 3.63) is 54.4 Å². The van der Waals surface area contributed by atoms with E-state index in [-0.39, 0.29) is 13.2 Å². The first-order valence-corrected chi connectivity index (χ1v) is 10.6. The molecular weight excluding hydrogens is 390 g/mol. The predicted octanol–water partition coefficient (Wildman–Crippen LogP) is 3.48. The number of para-hydroxylation sites is 2. The molecule has 0 fully saturated rings. The Balaban J connectivity index is 1.56. The van der Waals surface area contributed by atoms with Crippen molar-refractivity contribution >= 4 is 40.4 Å². The number of ether oxygens (including phenoxy) is 2. The lowest BCUT2D eigenvalue weighted by atomic mass is 10.3. The number of hydrogen-bond donors (Lipinski definition) is 1. The SMILES string of the molecule is CCOc1ccc(NC(=O)COC(=O)Cn2c(CSC)nc3ccccc32)cc1. The molecule has 3 rings (SSSR count). The molecule has 1 aromatic heterocycles. The quantitative estimate of drug-likeness (QED) is 0.541. The van der Waals surface area contributed by atoms with Crippen molar-refractivity contribution in [2.45, 2.75) is 19.2 Å². The molecule has 29 heavy (non-hydrogen) atoms. The van der Waals surface area contributed by atoms with Crippen LogP contribution in [0.1, 0.15) is 12.7 Å². The first-order valence-electron chi connectivity index (χ1n) is 9.22. The second kappa shape index (κ2) is 9.97. The fourth-order valence-electron chi connectivity index (χ4n) is 2.86. The number of imidazole rings is 1. The van der Waals surface area contributed by atoms with Gasteiger partial charge in [-0.2, -0.15) is 11.8 Å². The van der Waals surface area contributed by atoms with Crippen molar-refractivity contribution < 1.29 is 19.1 Å². The zero-order valence-electron chi connectivity index (χ0n) is 16.4. The molecule has 0 bridgehead atoms. The van der Waals surface area contributed by atoms with Gasteiger partial charge in [-0.3, -0.25) is 9.59 Å². The maximum absolute atomic E-state index is 12.3. The summed E-state index contributed by atoms with van der Waals surface area (Å²) in [6.45, 7) is 2.14. The summed E-state index contributed by atoms with van der Waals surface area (Å²) < 4.78 is 12.4. The molecule has 0 atom stereocenters. The summed E-state index contributed by atoms with van der Waals surface area (Å²) in [5.41, 5.74) is 2.31. The van der Waals surface area contributed by atoms with E-state index >= 15 is 0 Å². The normalized spacial score (nSPS) is 10.7. The van der Waals surface area contributed by atoms with Gasteiger partial charge in [-0.1, -0.05) is 12.1 Å². The van der Waals surface area contributed by atoms with E-state index in [1.165, 1.54) is 0 Å². The average Bonchev–Trinajstić information content (AvgIpc) is 3.06. The zero-order valence-corrected chi connectivity index (χ0v) is 17.2. The lowest BCUT2D eigenvalue weighted by Gasteiger charge is -2.10. The van der Waals surface area contributed by atoms with E-state index in [4.69, 9.17) is 9.47 Å². The number of nitrogens with zero attached hydrogens (tertiary/aromatic N) is 2. The topological polar surface area (TPSA) is 82.5 Å². The molecule has 0 radical (unpaired) electrons. The fourth-order valence-corrected chi connectivity index (χ4v) is 3.34. The highest BCUT2D eigenvalue weighted by Gasteiger charge is 2.15. The molecule has 8 heteroatoms. The second-order valence-electron chi connectivity index (χ2n) is 6.20. The summed E-state index contributed by atoms with van der Waals surface area (Å²) in [7, 11) is 0. The molecule has 1 heterocycles. The van der Waals surface area contributed by atoms with Crippen molar-refractivity contribution in [2.24, 2.45) is 0 Å². The zero-order chi connectivity index (χ0) is 20.6. The van der Waals surface area contributed by atoms with Crippen LogP contribution in [0.5, 0.6) is 5.75 Å². The highest BCUT2D eigenvalue weighted by Crippen LogP contribution is 2.19. The third-order valence-electron chi connectivity index (χ3n) is 4.11. The summed E-state index contributed by atoms with van der Waals surface area (Å²) >= 11 is 1.63. The summed E-state index contributed by atoms with van der Waals surface area (Å²) in [5, 5.41) is 2.69. The smallest absolute Gasteiger partial charge is 0.326 e. The Morgan fingerprint density at radius 2 is 1.90 bits per heavy atom. The molecule has 0 spiro atoms. The number of thioether (sulfide) groups is 1. The minimum Gasteiger partial charge on any atom is -0.494 e. The van der Waals surface area contributed by atoms with Gasteiger partial charge in [-0.25, -0.2) is 4.98 Å². The minimum absolute atomic E-state index is 0.00669. The van der Waals surface area contributed by atoms with E-state index in [2.05, 4.69) is 10.3 Å². The molecule has 0 aliphatic carbocycles. The Hall–Kier alpha value is -3.00. The predicted molar refractivity (Wildman–Crippen MR) is 114 cm³/mol. The number of anilines is 1. The molecule has 3 aromatic rings. The number of fused-ring (bicyclic) bond motifs is 1. The molecular formula is C21H23N3O4S. The van der Waals surface area contributed by atoms with Gasteiger partial charge in [0, 0.05) is 5.69 Å². The van der Waals surface area contributed by atoms with E-state index < -0.39 is 11.9 Å². The molecule has 0 aliphatic heterocycles. The summed E-state index contributed by atoms with van der Waals surface area (Å²) in [4.78, 5) is 29.0. The van der Waals surface area contributed by atoms with Gasteiger partial charge < -0.3 is 19.4 Å². The number of hydrogen-bond acceptors (Lipinski definition) is 6. The van der Waals surface area contributed by atoms with E-state index in [0.29, 0.717) is 18.0 Å². The third-order valence-corrected chi connectivity index (χ3v) is 4.65. The first-order chi connectivity index (χ1) is 14.1. The van der Waals surface area contributed by atoms with Crippen LogP contribution >= 0.6 is 11.8 Å². The second-order valence-corrected chi connectivity index (χ2v) is 7.07. The first kappa shape index (κ1) is 20.7. The Labute approximate surface area is 173 Å². The van der Waals surface area contributed by atoms with Gasteiger partial charge in [0.05, 0.1) is 23.4 Å². The van der Waals surface area contributed by atoms with Gasteiger partial charge in [0.15, 0.2) is 6.61 Å². The van der Waals surface area contributed by atoms with Gasteiger partial charge in [-0.15, -0.1) is 0 Å². The van der Waals surface area contributed by atoms with Gasteiger partial charge in [0.1, 0.15) is 18.1 Å².